The van der Waals surface area contributed by atoms with Crippen molar-refractivity contribution in [2.75, 3.05) is 32.7 Å². The lowest BCUT2D eigenvalue weighted by molar-refractivity contribution is -0.138. The van der Waals surface area contributed by atoms with E-state index >= 15 is 0 Å². The Hall–Kier alpha value is -0.570. The summed E-state index contributed by atoms with van der Waals surface area (Å²) < 4.78 is 0. The van der Waals surface area contributed by atoms with E-state index in [1.54, 1.807) is 0 Å². The minimum atomic E-state index is 0.218. The van der Waals surface area contributed by atoms with Gasteiger partial charge in [-0.25, -0.2) is 0 Å². The van der Waals surface area contributed by atoms with Gasteiger partial charge < -0.3 is 9.80 Å². The number of unbranched alkanes of at least 4 members (excludes halogenated alkanes) is 1. The number of piperidine rings is 2. The predicted molar refractivity (Wildman–Crippen MR) is 116 cm³/mol. The van der Waals surface area contributed by atoms with Crippen LogP contribution < -0.4 is 0 Å². The molecule has 2 aliphatic rings. The van der Waals surface area contributed by atoms with Crippen molar-refractivity contribution in [3.63, 3.8) is 0 Å². The zero-order valence-corrected chi connectivity index (χ0v) is 18.8. The van der Waals surface area contributed by atoms with E-state index in [1.807, 2.05) is 0 Å². The van der Waals surface area contributed by atoms with E-state index in [1.165, 1.54) is 83.8 Å². The Morgan fingerprint density at radius 3 is 2.07 bits per heavy atom. The van der Waals surface area contributed by atoms with E-state index in [9.17, 15) is 4.79 Å². The lowest BCUT2D eigenvalue weighted by Gasteiger charge is -2.47. The van der Waals surface area contributed by atoms with Crippen molar-refractivity contribution in [3.05, 3.63) is 0 Å². The van der Waals surface area contributed by atoms with Crippen molar-refractivity contribution in [3.8, 4) is 0 Å². The zero-order valence-electron chi connectivity index (χ0n) is 18.8. The van der Waals surface area contributed by atoms with E-state index < -0.39 is 0 Å². The molecule has 0 saturated carbocycles. The highest BCUT2D eigenvalue weighted by atomic mass is 16.2. The summed E-state index contributed by atoms with van der Waals surface area (Å²) in [5.74, 6) is 1.53. The number of carbonyl (C=O) groups is 1. The maximum atomic E-state index is 12.7. The maximum absolute atomic E-state index is 12.7. The quantitative estimate of drug-likeness (QED) is 0.484. The minimum absolute atomic E-state index is 0.218. The standard InChI is InChI=1S/C24H46N2O/c1-5-7-11-22(4)23(27)26-19-14-24(15-20-26)12-17-25(18-13-24)16-8-10-21(3)9-6-2/h21-22H,5-20H2,1-4H3. The molecule has 2 rings (SSSR count). The number of nitrogens with zero attached hydrogens (tertiary/aromatic N) is 2. The van der Waals surface area contributed by atoms with Crippen LogP contribution in [0.2, 0.25) is 0 Å². The average molecular weight is 379 g/mol. The summed E-state index contributed by atoms with van der Waals surface area (Å²) in [4.78, 5) is 17.5. The molecule has 2 atom stereocenters. The van der Waals surface area contributed by atoms with E-state index in [2.05, 4.69) is 37.5 Å². The molecule has 1 spiro atoms. The molecule has 27 heavy (non-hydrogen) atoms. The highest BCUT2D eigenvalue weighted by Gasteiger charge is 2.38. The normalized spacial score (nSPS) is 22.7. The van der Waals surface area contributed by atoms with E-state index in [0.29, 0.717) is 11.3 Å². The third-order valence-electron chi connectivity index (χ3n) is 7.42. The van der Waals surface area contributed by atoms with Crippen LogP contribution in [0.1, 0.15) is 98.3 Å². The van der Waals surface area contributed by atoms with Crippen LogP contribution in [0.4, 0.5) is 0 Å². The van der Waals surface area contributed by atoms with Gasteiger partial charge in [0.2, 0.25) is 5.91 Å². The molecule has 0 bridgehead atoms. The monoisotopic (exact) mass is 378 g/mol. The largest absolute Gasteiger partial charge is 0.342 e. The summed E-state index contributed by atoms with van der Waals surface area (Å²) in [7, 11) is 0. The lowest BCUT2D eigenvalue weighted by Crippen LogP contribution is -2.49. The smallest absolute Gasteiger partial charge is 0.225 e. The van der Waals surface area contributed by atoms with Gasteiger partial charge in [-0.05, 0) is 75.9 Å². The molecule has 0 aromatic rings. The first-order valence-electron chi connectivity index (χ1n) is 12.0. The fourth-order valence-corrected chi connectivity index (χ4v) is 5.20. The molecule has 158 valence electrons. The molecule has 2 unspecified atom stereocenters. The zero-order chi connectivity index (χ0) is 19.7. The number of hydrogen-bond donors (Lipinski definition) is 0. The van der Waals surface area contributed by atoms with Crippen LogP contribution in [0, 0.1) is 17.3 Å². The van der Waals surface area contributed by atoms with Gasteiger partial charge in [-0.1, -0.05) is 53.4 Å². The minimum Gasteiger partial charge on any atom is -0.342 e. The average Bonchev–Trinajstić information content (AvgIpc) is 2.68. The molecule has 0 aliphatic carbocycles. The van der Waals surface area contributed by atoms with Crippen LogP contribution in [0.5, 0.6) is 0 Å². The highest BCUT2D eigenvalue weighted by molar-refractivity contribution is 5.78. The van der Waals surface area contributed by atoms with Gasteiger partial charge in [0.1, 0.15) is 0 Å². The second kappa shape index (κ2) is 11.4. The molecule has 2 fully saturated rings. The Morgan fingerprint density at radius 1 is 0.852 bits per heavy atom. The fraction of sp³-hybridized carbons (Fsp3) is 0.958. The van der Waals surface area contributed by atoms with E-state index in [4.69, 9.17) is 0 Å². The Labute approximate surface area is 169 Å². The summed E-state index contributed by atoms with van der Waals surface area (Å²) in [6, 6.07) is 0. The van der Waals surface area contributed by atoms with Crippen LogP contribution in [-0.2, 0) is 4.79 Å². The van der Waals surface area contributed by atoms with E-state index in [-0.39, 0.29) is 5.92 Å². The third-order valence-corrected chi connectivity index (χ3v) is 7.42. The fourth-order valence-electron chi connectivity index (χ4n) is 5.20. The molecular weight excluding hydrogens is 332 g/mol. The van der Waals surface area contributed by atoms with Crippen molar-refractivity contribution in [2.24, 2.45) is 17.3 Å². The third kappa shape index (κ3) is 7.07. The van der Waals surface area contributed by atoms with Crippen LogP contribution in [0.25, 0.3) is 0 Å². The summed E-state index contributed by atoms with van der Waals surface area (Å²) in [5.41, 5.74) is 0.537. The molecular formula is C24H46N2O. The molecule has 0 aromatic carbocycles. The Morgan fingerprint density at radius 2 is 1.48 bits per heavy atom. The van der Waals surface area contributed by atoms with Crippen molar-refractivity contribution in [1.82, 2.24) is 9.80 Å². The van der Waals surface area contributed by atoms with Crippen molar-refractivity contribution < 1.29 is 4.79 Å². The summed E-state index contributed by atoms with van der Waals surface area (Å²) in [6.07, 6.45) is 14.1. The molecule has 3 nitrogen and oxygen atoms in total. The van der Waals surface area contributed by atoms with Gasteiger partial charge in [-0.2, -0.15) is 0 Å². The van der Waals surface area contributed by atoms with Crippen LogP contribution >= 0.6 is 0 Å². The molecule has 0 N–H and O–H groups in total. The molecule has 2 heterocycles. The summed E-state index contributed by atoms with van der Waals surface area (Å²) in [5, 5.41) is 0. The number of carbonyl (C=O) groups excluding carboxylic acids is 1. The van der Waals surface area contributed by atoms with Gasteiger partial charge in [0.15, 0.2) is 0 Å². The van der Waals surface area contributed by atoms with Gasteiger partial charge >= 0.3 is 0 Å². The van der Waals surface area contributed by atoms with Crippen LogP contribution in [0.3, 0.4) is 0 Å². The molecule has 2 aliphatic heterocycles. The Kier molecular flexibility index (Phi) is 9.62. The first-order chi connectivity index (χ1) is 13.0. The SMILES string of the molecule is CCCCC(C)C(=O)N1CCC2(CCN(CCCC(C)CCC)CC2)CC1. The molecule has 3 heteroatoms. The van der Waals surface area contributed by atoms with Crippen molar-refractivity contribution in [1.29, 1.82) is 0 Å². The highest BCUT2D eigenvalue weighted by Crippen LogP contribution is 2.41. The number of hydrogen-bond acceptors (Lipinski definition) is 2. The Bertz CT molecular complexity index is 418. The van der Waals surface area contributed by atoms with Crippen LogP contribution in [-0.4, -0.2) is 48.4 Å². The molecule has 0 radical (unpaired) electrons. The lowest BCUT2D eigenvalue weighted by atomic mass is 9.71. The molecule has 1 amide bonds. The molecule has 2 saturated heterocycles. The van der Waals surface area contributed by atoms with Gasteiger partial charge in [0.25, 0.3) is 0 Å². The predicted octanol–water partition coefficient (Wildman–Crippen LogP) is 5.73. The summed E-state index contributed by atoms with van der Waals surface area (Å²) in [6.45, 7) is 14.9. The number of likely N-dealkylation sites (tertiary alicyclic amines) is 2. The van der Waals surface area contributed by atoms with Crippen molar-refractivity contribution >= 4 is 5.91 Å². The topological polar surface area (TPSA) is 23.6 Å². The van der Waals surface area contributed by atoms with Crippen LogP contribution in [0.15, 0.2) is 0 Å². The maximum Gasteiger partial charge on any atom is 0.225 e. The molecule has 0 aromatic heterocycles. The Balaban J connectivity index is 1.67. The van der Waals surface area contributed by atoms with Gasteiger partial charge in [0, 0.05) is 19.0 Å². The number of rotatable bonds is 10. The van der Waals surface area contributed by atoms with Gasteiger partial charge in [0.05, 0.1) is 0 Å². The van der Waals surface area contributed by atoms with Crippen molar-refractivity contribution in [2.45, 2.75) is 98.3 Å². The second-order valence-electron chi connectivity index (χ2n) is 9.75. The van der Waals surface area contributed by atoms with Gasteiger partial charge in [-0.15, -0.1) is 0 Å². The summed E-state index contributed by atoms with van der Waals surface area (Å²) >= 11 is 0. The first-order valence-corrected chi connectivity index (χ1v) is 12.0. The second-order valence-corrected chi connectivity index (χ2v) is 9.75. The number of amides is 1. The van der Waals surface area contributed by atoms with Gasteiger partial charge in [-0.3, -0.25) is 4.79 Å². The first kappa shape index (κ1) is 22.7. The van der Waals surface area contributed by atoms with E-state index in [0.717, 1.165) is 25.4 Å².